The first-order chi connectivity index (χ1) is 13.1. The van der Waals surface area contributed by atoms with E-state index >= 15 is 0 Å². The molecule has 3 nitrogen and oxygen atoms in total. The van der Waals surface area contributed by atoms with E-state index in [0.29, 0.717) is 5.71 Å². The summed E-state index contributed by atoms with van der Waals surface area (Å²) < 4.78 is 7.73. The third kappa shape index (κ3) is 3.26. The fourth-order valence-electron chi connectivity index (χ4n) is 3.79. The summed E-state index contributed by atoms with van der Waals surface area (Å²) in [5.41, 5.74) is 5.93. The molecule has 3 aromatic heterocycles. The van der Waals surface area contributed by atoms with Gasteiger partial charge in [-0.25, -0.2) is 0 Å². The maximum absolute atomic E-state index is 6.27. The third-order valence-corrected chi connectivity index (χ3v) is 9.82. The number of pyridine rings is 2. The van der Waals surface area contributed by atoms with E-state index in [1.807, 2.05) is 0 Å². The van der Waals surface area contributed by atoms with Crippen molar-refractivity contribution in [2.75, 3.05) is 0 Å². The summed E-state index contributed by atoms with van der Waals surface area (Å²) in [7, 11) is 0. The van der Waals surface area contributed by atoms with Gasteiger partial charge in [-0.05, 0) is 0 Å². The van der Waals surface area contributed by atoms with Crippen molar-refractivity contribution >= 4 is 39.7 Å². The summed E-state index contributed by atoms with van der Waals surface area (Å²) in [6, 6.07) is 12.7. The van der Waals surface area contributed by atoms with Crippen LogP contribution in [0.3, 0.4) is 0 Å². The number of rotatable bonds is 2. The number of hydrogen-bond donors (Lipinski definition) is 0. The van der Waals surface area contributed by atoms with Crippen LogP contribution in [0.5, 0.6) is 0 Å². The van der Waals surface area contributed by atoms with Crippen LogP contribution in [0, 0.1) is 6.92 Å². The van der Waals surface area contributed by atoms with Crippen LogP contribution in [0.1, 0.15) is 32.0 Å². The van der Waals surface area contributed by atoms with Gasteiger partial charge in [-0.2, -0.15) is 0 Å². The molecule has 0 atom stereocenters. The van der Waals surface area contributed by atoms with Gasteiger partial charge >= 0.3 is 170 Å². The summed E-state index contributed by atoms with van der Waals surface area (Å²) in [4.78, 5) is 9.62. The Kier molecular flexibility index (Phi) is 4.42. The summed E-state index contributed by atoms with van der Waals surface area (Å²) in [5, 5.41) is 2.15. The molecule has 0 saturated heterocycles. The van der Waals surface area contributed by atoms with Crippen molar-refractivity contribution in [2.24, 2.45) is 0 Å². The van der Waals surface area contributed by atoms with Gasteiger partial charge in [0.05, 0.1) is 0 Å². The number of benzene rings is 1. The normalized spacial score (nSPS) is 12.8. The number of aryl methyl sites for hydroxylation is 1. The Hall–Kier alpha value is -2.14. The van der Waals surface area contributed by atoms with Crippen molar-refractivity contribution in [2.45, 2.75) is 50.4 Å². The maximum atomic E-state index is 6.27. The quantitative estimate of drug-likeness (QED) is 0.354. The van der Waals surface area contributed by atoms with E-state index in [4.69, 9.17) is 14.4 Å². The molecule has 0 N–H and O–H groups in total. The number of para-hydroxylation sites is 1. The van der Waals surface area contributed by atoms with Crippen LogP contribution in [0.25, 0.3) is 33.3 Å². The molecule has 0 amide bonds. The minimum atomic E-state index is -1.92. The third-order valence-electron chi connectivity index (χ3n) is 5.33. The predicted octanol–water partition coefficient (Wildman–Crippen LogP) is 6.19. The molecular formula is C24H28GeN2O. The average molecular weight is 433 g/mol. The van der Waals surface area contributed by atoms with Crippen molar-refractivity contribution in [3.63, 3.8) is 0 Å². The van der Waals surface area contributed by atoms with Gasteiger partial charge in [-0.1, -0.05) is 0 Å². The number of nitrogens with zero attached hydrogens (tertiary/aromatic N) is 2. The monoisotopic (exact) mass is 434 g/mol. The molecule has 144 valence electrons. The SMILES string of the molecule is Cc1cc(-c2cccc3c2oc2nc(C(C)(C)C)ccc23)nc[c]1[Ge]([CH3])([CH3])[CH3]. The molecule has 4 aromatic rings. The van der Waals surface area contributed by atoms with Crippen molar-refractivity contribution in [1.82, 2.24) is 9.97 Å². The molecule has 0 aliphatic carbocycles. The Bertz CT molecular complexity index is 1190. The predicted molar refractivity (Wildman–Crippen MR) is 121 cm³/mol. The van der Waals surface area contributed by atoms with Crippen molar-refractivity contribution in [3.8, 4) is 11.3 Å². The Morgan fingerprint density at radius 1 is 0.964 bits per heavy atom. The first-order valence-electron chi connectivity index (χ1n) is 9.86. The van der Waals surface area contributed by atoms with Crippen LogP contribution in [-0.4, -0.2) is 23.2 Å². The summed E-state index contributed by atoms with van der Waals surface area (Å²) in [6.45, 7) is 8.71. The molecule has 4 heteroatoms. The molecule has 0 bridgehead atoms. The van der Waals surface area contributed by atoms with Gasteiger partial charge in [0.15, 0.2) is 0 Å². The van der Waals surface area contributed by atoms with E-state index in [0.717, 1.165) is 33.3 Å². The number of hydrogen-bond acceptors (Lipinski definition) is 3. The van der Waals surface area contributed by atoms with Gasteiger partial charge in [-0.15, -0.1) is 0 Å². The number of aromatic nitrogens is 2. The van der Waals surface area contributed by atoms with E-state index in [1.165, 1.54) is 9.96 Å². The molecule has 28 heavy (non-hydrogen) atoms. The molecular weight excluding hydrogens is 405 g/mol. The van der Waals surface area contributed by atoms with Gasteiger partial charge in [0.1, 0.15) is 0 Å². The van der Waals surface area contributed by atoms with Gasteiger partial charge in [-0.3, -0.25) is 0 Å². The van der Waals surface area contributed by atoms with Gasteiger partial charge < -0.3 is 0 Å². The van der Waals surface area contributed by atoms with Crippen LogP contribution in [-0.2, 0) is 5.41 Å². The van der Waals surface area contributed by atoms with Gasteiger partial charge in [0, 0.05) is 0 Å². The zero-order chi connectivity index (χ0) is 20.3. The van der Waals surface area contributed by atoms with Crippen LogP contribution in [0.4, 0.5) is 0 Å². The topological polar surface area (TPSA) is 38.9 Å². The second-order valence-electron chi connectivity index (χ2n) is 9.72. The van der Waals surface area contributed by atoms with Crippen molar-refractivity contribution in [1.29, 1.82) is 0 Å². The van der Waals surface area contributed by atoms with E-state index in [9.17, 15) is 0 Å². The second kappa shape index (κ2) is 6.45. The van der Waals surface area contributed by atoms with Crippen LogP contribution < -0.4 is 4.40 Å². The molecule has 0 fully saturated rings. The van der Waals surface area contributed by atoms with Gasteiger partial charge in [0.2, 0.25) is 0 Å². The standard InChI is InChI=1S/C24H28GeN2O/c1-15-13-20(26-14-19(15)25(5,6)7)18-10-8-9-16-17-11-12-21(24(2,3)4)27-23(17)28-22(16)18/h8-14H,1-7H3. The first kappa shape index (κ1) is 19.2. The zero-order valence-corrected chi connectivity index (χ0v) is 19.9. The Labute approximate surface area is 169 Å². The Balaban J connectivity index is 1.92. The second-order valence-corrected chi connectivity index (χ2v) is 20.3. The van der Waals surface area contributed by atoms with Gasteiger partial charge in [0.25, 0.3) is 0 Å². The molecule has 0 spiro atoms. The van der Waals surface area contributed by atoms with Crippen LogP contribution in [0.2, 0.25) is 17.3 Å². The Morgan fingerprint density at radius 2 is 1.71 bits per heavy atom. The number of fused-ring (bicyclic) bond motifs is 3. The van der Waals surface area contributed by atoms with E-state index in [1.54, 1.807) is 0 Å². The molecule has 4 rings (SSSR count). The minimum absolute atomic E-state index is 0.0112. The molecule has 3 heterocycles. The molecule has 0 aliphatic rings. The number of furan rings is 1. The molecule has 1 aromatic carbocycles. The molecule has 0 saturated carbocycles. The molecule has 0 radical (unpaired) electrons. The van der Waals surface area contributed by atoms with Crippen LogP contribution in [0.15, 0.2) is 47.0 Å². The van der Waals surface area contributed by atoms with Crippen molar-refractivity contribution < 1.29 is 4.42 Å². The first-order valence-corrected chi connectivity index (χ1v) is 17.2. The summed E-state index contributed by atoms with van der Waals surface area (Å²) >= 11 is -1.92. The van der Waals surface area contributed by atoms with E-state index in [-0.39, 0.29) is 5.41 Å². The average Bonchev–Trinajstić information content (AvgIpc) is 2.97. The van der Waals surface area contributed by atoms with Crippen molar-refractivity contribution in [3.05, 3.63) is 53.9 Å². The summed E-state index contributed by atoms with van der Waals surface area (Å²) in [6.07, 6.45) is 2.09. The van der Waals surface area contributed by atoms with Crippen LogP contribution >= 0.6 is 0 Å². The fourth-order valence-corrected chi connectivity index (χ4v) is 7.37. The van der Waals surface area contributed by atoms with E-state index in [2.05, 4.69) is 87.6 Å². The fraction of sp³-hybridized carbons (Fsp3) is 0.333. The molecule has 0 unspecified atom stereocenters. The Morgan fingerprint density at radius 3 is 2.36 bits per heavy atom. The zero-order valence-electron chi connectivity index (χ0n) is 17.8. The van der Waals surface area contributed by atoms with E-state index < -0.39 is 13.3 Å². The molecule has 0 aliphatic heterocycles. The summed E-state index contributed by atoms with van der Waals surface area (Å²) in [5.74, 6) is 7.21.